The zero-order valence-electron chi connectivity index (χ0n) is 23.7. The Kier molecular flexibility index (Phi) is 9.95. The predicted molar refractivity (Wildman–Crippen MR) is 170 cm³/mol. The Morgan fingerprint density at radius 2 is 1.84 bits per heavy atom. The summed E-state index contributed by atoms with van der Waals surface area (Å²) in [6.07, 6.45) is 6.43. The number of benzene rings is 3. The molecule has 0 bridgehead atoms. The first-order chi connectivity index (χ1) is 21.4. The van der Waals surface area contributed by atoms with Gasteiger partial charge in [-0.25, -0.2) is 4.79 Å². The number of rotatable bonds is 10. The Labute approximate surface area is 262 Å². The SMILES string of the molecule is COC(=O)Nc1ccc(-c2cc([C@H](Cc3ccccc3)NC(=O)/C=C/c3cc(Cl)ccc3-n3cnnn3)nnc2SC)cc1. The molecule has 0 unspecified atom stereocenters. The van der Waals surface area contributed by atoms with Gasteiger partial charge in [0.25, 0.3) is 0 Å². The number of tetrazole rings is 1. The molecule has 0 saturated heterocycles. The molecule has 11 nitrogen and oxygen atoms in total. The van der Waals surface area contributed by atoms with E-state index in [0.29, 0.717) is 34.1 Å². The van der Waals surface area contributed by atoms with E-state index in [0.717, 1.165) is 21.7 Å². The van der Waals surface area contributed by atoms with Crippen LogP contribution in [0.15, 0.2) is 96.3 Å². The summed E-state index contributed by atoms with van der Waals surface area (Å²) in [6.45, 7) is 0. The highest BCUT2D eigenvalue weighted by Gasteiger charge is 2.20. The average Bonchev–Trinajstić information content (AvgIpc) is 3.59. The number of thioether (sulfide) groups is 1. The van der Waals surface area contributed by atoms with Crippen LogP contribution >= 0.6 is 23.4 Å². The van der Waals surface area contributed by atoms with Crippen molar-refractivity contribution in [2.45, 2.75) is 17.5 Å². The molecular formula is C31H27ClN8O3S. The van der Waals surface area contributed by atoms with Crippen LogP contribution in [-0.4, -0.2) is 55.8 Å². The van der Waals surface area contributed by atoms with E-state index >= 15 is 0 Å². The number of halogens is 1. The zero-order valence-corrected chi connectivity index (χ0v) is 25.3. The van der Waals surface area contributed by atoms with Crippen LogP contribution in [0.25, 0.3) is 22.9 Å². The summed E-state index contributed by atoms with van der Waals surface area (Å²) in [7, 11) is 1.31. The van der Waals surface area contributed by atoms with Crippen LogP contribution in [0.3, 0.4) is 0 Å². The van der Waals surface area contributed by atoms with Gasteiger partial charge in [0.2, 0.25) is 5.91 Å². The van der Waals surface area contributed by atoms with Crippen LogP contribution in [0.5, 0.6) is 0 Å². The average molecular weight is 627 g/mol. The Morgan fingerprint density at radius 1 is 1.05 bits per heavy atom. The quantitative estimate of drug-likeness (QED) is 0.146. The van der Waals surface area contributed by atoms with Gasteiger partial charge >= 0.3 is 6.09 Å². The fourth-order valence-electron chi connectivity index (χ4n) is 4.43. The molecule has 0 fully saturated rings. The molecule has 0 aliphatic rings. The lowest BCUT2D eigenvalue weighted by molar-refractivity contribution is -0.117. The maximum absolute atomic E-state index is 13.3. The molecule has 44 heavy (non-hydrogen) atoms. The molecule has 3 aromatic carbocycles. The van der Waals surface area contributed by atoms with Gasteiger partial charge in [-0.3, -0.25) is 10.1 Å². The second-order valence-corrected chi connectivity index (χ2v) is 10.7. The molecule has 5 rings (SSSR count). The molecule has 0 radical (unpaired) electrons. The van der Waals surface area contributed by atoms with Gasteiger partial charge in [-0.05, 0) is 76.7 Å². The minimum absolute atomic E-state index is 0.330. The molecule has 2 aromatic heterocycles. The first-order valence-corrected chi connectivity index (χ1v) is 15.0. The fourth-order valence-corrected chi connectivity index (χ4v) is 5.13. The third-order valence-electron chi connectivity index (χ3n) is 6.56. The minimum atomic E-state index is -0.550. The van der Waals surface area contributed by atoms with Gasteiger partial charge in [-0.1, -0.05) is 54.1 Å². The molecule has 0 saturated carbocycles. The van der Waals surface area contributed by atoms with Gasteiger partial charge < -0.3 is 10.1 Å². The molecule has 222 valence electrons. The second kappa shape index (κ2) is 14.4. The maximum atomic E-state index is 13.3. The lowest BCUT2D eigenvalue weighted by atomic mass is 10.00. The maximum Gasteiger partial charge on any atom is 0.411 e. The normalized spacial score (nSPS) is 11.7. The minimum Gasteiger partial charge on any atom is -0.453 e. The number of amides is 2. The summed E-state index contributed by atoms with van der Waals surface area (Å²) in [5.41, 5.74) is 5.26. The van der Waals surface area contributed by atoms with Crippen LogP contribution < -0.4 is 10.6 Å². The number of hydrogen-bond donors (Lipinski definition) is 2. The van der Waals surface area contributed by atoms with Crippen molar-refractivity contribution in [2.24, 2.45) is 0 Å². The monoisotopic (exact) mass is 626 g/mol. The summed E-state index contributed by atoms with van der Waals surface area (Å²) in [5.74, 6) is -0.330. The van der Waals surface area contributed by atoms with Crippen LogP contribution in [0.1, 0.15) is 22.9 Å². The number of methoxy groups -OCH3 is 1. The van der Waals surface area contributed by atoms with Crippen LogP contribution in [0.2, 0.25) is 5.02 Å². The van der Waals surface area contributed by atoms with Gasteiger partial charge in [0.05, 0.1) is 24.5 Å². The molecule has 13 heteroatoms. The van der Waals surface area contributed by atoms with Gasteiger partial charge in [0.1, 0.15) is 11.4 Å². The van der Waals surface area contributed by atoms with Crippen LogP contribution in [0, 0.1) is 0 Å². The van der Waals surface area contributed by atoms with Crippen molar-refractivity contribution >= 4 is 47.1 Å². The van der Waals surface area contributed by atoms with Crippen LogP contribution in [0.4, 0.5) is 10.5 Å². The van der Waals surface area contributed by atoms with Crippen LogP contribution in [-0.2, 0) is 16.0 Å². The summed E-state index contributed by atoms with van der Waals surface area (Å²) in [5, 5.41) is 27.3. The van der Waals surface area contributed by atoms with E-state index < -0.39 is 12.1 Å². The van der Waals surface area contributed by atoms with Gasteiger partial charge in [-0.2, -0.15) is 9.78 Å². The Balaban J connectivity index is 1.44. The number of carbonyl (C=O) groups excluding carboxylic acids is 2. The summed E-state index contributed by atoms with van der Waals surface area (Å²) >= 11 is 7.70. The van der Waals surface area contributed by atoms with Gasteiger partial charge in [-0.15, -0.1) is 22.0 Å². The number of carbonyl (C=O) groups is 2. The number of ether oxygens (including phenoxy) is 1. The second-order valence-electron chi connectivity index (χ2n) is 9.43. The topological polar surface area (TPSA) is 137 Å². The first kappa shape index (κ1) is 30.4. The Morgan fingerprint density at radius 3 is 2.55 bits per heavy atom. The molecule has 2 N–H and O–H groups in total. The van der Waals surface area contributed by atoms with Crippen molar-refractivity contribution in [1.82, 2.24) is 35.7 Å². The van der Waals surface area contributed by atoms with Crippen molar-refractivity contribution in [3.63, 3.8) is 0 Å². The molecule has 2 heterocycles. The third kappa shape index (κ3) is 7.65. The Bertz CT molecular complexity index is 1770. The highest BCUT2D eigenvalue weighted by molar-refractivity contribution is 7.98. The number of hydrogen-bond acceptors (Lipinski definition) is 9. The van der Waals surface area contributed by atoms with E-state index in [1.54, 1.807) is 36.4 Å². The smallest absolute Gasteiger partial charge is 0.411 e. The molecule has 0 aliphatic heterocycles. The summed E-state index contributed by atoms with van der Waals surface area (Å²) in [6, 6.07) is 23.8. The standard InChI is InChI=1S/C31H27ClN8O3S/c1-43-31(42)34-24-12-8-21(9-13-24)25-18-27(36-37-30(25)44-2)26(16-20-6-4-3-5-7-20)35-29(41)15-10-22-17-23(32)11-14-28(22)40-19-33-38-39-40/h3-15,17-19,26H,16H2,1-2H3,(H,34,42)(H,35,41)/b15-10+/t26-/m0/s1. The molecule has 0 spiro atoms. The van der Waals surface area contributed by atoms with Gasteiger partial charge in [0.15, 0.2) is 0 Å². The molecular weight excluding hydrogens is 600 g/mol. The highest BCUT2D eigenvalue weighted by atomic mass is 35.5. The Hall–Kier alpha value is -5.07. The van der Waals surface area contributed by atoms with E-state index in [1.807, 2.05) is 54.8 Å². The van der Waals surface area contributed by atoms with Gasteiger partial charge in [0, 0.05) is 27.9 Å². The molecule has 1 atom stereocenters. The lowest BCUT2D eigenvalue weighted by Crippen LogP contribution is -2.29. The number of anilines is 1. The predicted octanol–water partition coefficient (Wildman–Crippen LogP) is 5.79. The summed E-state index contributed by atoms with van der Waals surface area (Å²) in [4.78, 5) is 24.9. The van der Waals surface area contributed by atoms with E-state index in [2.05, 4.69) is 41.1 Å². The van der Waals surface area contributed by atoms with E-state index in [9.17, 15) is 9.59 Å². The molecule has 2 amide bonds. The van der Waals surface area contributed by atoms with E-state index in [4.69, 9.17) is 11.6 Å². The largest absolute Gasteiger partial charge is 0.453 e. The summed E-state index contributed by atoms with van der Waals surface area (Å²) < 4.78 is 6.17. The zero-order chi connectivity index (χ0) is 30.9. The molecule has 0 aliphatic carbocycles. The van der Waals surface area contributed by atoms with Crippen molar-refractivity contribution in [1.29, 1.82) is 0 Å². The number of aromatic nitrogens is 6. The lowest BCUT2D eigenvalue weighted by Gasteiger charge is -2.19. The van der Waals surface area contributed by atoms with Crippen molar-refractivity contribution in [3.8, 4) is 16.8 Å². The van der Waals surface area contributed by atoms with E-state index in [-0.39, 0.29) is 5.91 Å². The first-order valence-electron chi connectivity index (χ1n) is 13.4. The number of nitrogens with zero attached hydrogens (tertiary/aromatic N) is 6. The molecule has 5 aromatic rings. The van der Waals surface area contributed by atoms with Crippen molar-refractivity contribution < 1.29 is 14.3 Å². The number of nitrogens with one attached hydrogen (secondary N) is 2. The fraction of sp³-hybridized carbons (Fsp3) is 0.129. The van der Waals surface area contributed by atoms with Crippen molar-refractivity contribution in [3.05, 3.63) is 113 Å². The van der Waals surface area contributed by atoms with E-state index in [1.165, 1.54) is 36.0 Å². The highest BCUT2D eigenvalue weighted by Crippen LogP contribution is 2.31. The van der Waals surface area contributed by atoms with Crippen molar-refractivity contribution in [2.75, 3.05) is 18.7 Å². The third-order valence-corrected chi connectivity index (χ3v) is 7.48.